The van der Waals surface area contributed by atoms with Crippen LogP contribution in [0.2, 0.25) is 0 Å². The minimum Gasteiger partial charge on any atom is -0.394 e. The lowest BCUT2D eigenvalue weighted by Gasteiger charge is -2.46. The number of ether oxygens (including phenoxy) is 6. The van der Waals surface area contributed by atoms with Crippen molar-refractivity contribution in [2.24, 2.45) is 5.41 Å². The molecule has 3 saturated heterocycles. The van der Waals surface area contributed by atoms with Gasteiger partial charge in [0.2, 0.25) is 0 Å². The standard InChI is InChI=1S/C24H44O17/c1-3-24(2,7-36-21-17(33)14(30)12(28)9(4-25)38-21)8-37-22-19(35)16(32)20(11(6-27)40-22)41-23-18(34)15(31)13(29)10(5-26)39-23/h9-23,25-35H,3-8H2,1-2H3/t9-,10-,11-,12-,13-,14+,15+,16-,17-,18-,19-,20-,21-,22-,23-,24+/m1/s1. The molecule has 16 atom stereocenters. The van der Waals surface area contributed by atoms with Gasteiger partial charge in [-0.15, -0.1) is 0 Å². The van der Waals surface area contributed by atoms with Crippen molar-refractivity contribution in [3.05, 3.63) is 0 Å². The van der Waals surface area contributed by atoms with Crippen LogP contribution in [0.5, 0.6) is 0 Å². The first-order valence-corrected chi connectivity index (χ1v) is 13.4. The molecule has 0 aliphatic carbocycles. The lowest BCUT2D eigenvalue weighted by atomic mass is 9.89. The highest BCUT2D eigenvalue weighted by Gasteiger charge is 2.51. The van der Waals surface area contributed by atoms with E-state index >= 15 is 0 Å². The van der Waals surface area contributed by atoms with Crippen LogP contribution >= 0.6 is 0 Å². The van der Waals surface area contributed by atoms with Crippen molar-refractivity contribution in [2.75, 3.05) is 33.0 Å². The molecule has 41 heavy (non-hydrogen) atoms. The van der Waals surface area contributed by atoms with E-state index < -0.39 is 117 Å². The van der Waals surface area contributed by atoms with Gasteiger partial charge in [0.05, 0.1) is 33.0 Å². The summed E-state index contributed by atoms with van der Waals surface area (Å²) in [5.41, 5.74) is -0.800. The molecule has 0 saturated carbocycles. The summed E-state index contributed by atoms with van der Waals surface area (Å²) in [6, 6.07) is 0. The smallest absolute Gasteiger partial charge is 0.187 e. The molecule has 17 nitrogen and oxygen atoms in total. The molecule has 11 N–H and O–H groups in total. The normalized spacial score (nSPS) is 47.2. The van der Waals surface area contributed by atoms with Gasteiger partial charge in [0.25, 0.3) is 0 Å². The molecular formula is C24H44O17. The highest BCUT2D eigenvalue weighted by molar-refractivity contribution is 4.94. The van der Waals surface area contributed by atoms with Crippen molar-refractivity contribution >= 4 is 0 Å². The molecule has 0 spiro atoms. The van der Waals surface area contributed by atoms with E-state index in [9.17, 15) is 56.2 Å². The van der Waals surface area contributed by atoms with Crippen molar-refractivity contribution in [1.82, 2.24) is 0 Å². The molecule has 3 heterocycles. The average molecular weight is 605 g/mol. The van der Waals surface area contributed by atoms with Gasteiger partial charge in [-0.3, -0.25) is 0 Å². The van der Waals surface area contributed by atoms with Crippen LogP contribution in [0.25, 0.3) is 0 Å². The first kappa shape index (κ1) is 34.8. The Morgan fingerprint density at radius 1 is 0.537 bits per heavy atom. The fourth-order valence-corrected chi connectivity index (χ4v) is 4.71. The minimum atomic E-state index is -1.79. The van der Waals surface area contributed by atoms with E-state index in [0.717, 1.165) is 0 Å². The maximum absolute atomic E-state index is 10.8. The van der Waals surface area contributed by atoms with Crippen LogP contribution in [0.4, 0.5) is 0 Å². The van der Waals surface area contributed by atoms with E-state index in [1.807, 2.05) is 0 Å². The first-order chi connectivity index (χ1) is 19.3. The van der Waals surface area contributed by atoms with Crippen LogP contribution in [-0.4, -0.2) is 181 Å². The molecule has 0 bridgehead atoms. The highest BCUT2D eigenvalue weighted by atomic mass is 16.7. The SMILES string of the molecule is CC[C@@](C)(CO[C@@H]1O[C@H](CO)[C@@H](O)[C@H](O)[C@H]1O)CO[C@@H]1O[C@H](CO)[C@@H](O[C@H]2O[C@H](CO)[C@@H](O)[C@H](O)[C@H]2O)[C@H](O)[C@H]1O. The van der Waals surface area contributed by atoms with E-state index in [2.05, 4.69) is 0 Å². The second kappa shape index (κ2) is 14.9. The molecule has 3 aliphatic rings. The van der Waals surface area contributed by atoms with Crippen LogP contribution in [0.3, 0.4) is 0 Å². The zero-order valence-corrected chi connectivity index (χ0v) is 22.8. The monoisotopic (exact) mass is 604 g/mol. The van der Waals surface area contributed by atoms with Crippen LogP contribution in [0.15, 0.2) is 0 Å². The summed E-state index contributed by atoms with van der Waals surface area (Å²) in [7, 11) is 0. The minimum absolute atomic E-state index is 0.107. The lowest BCUT2D eigenvalue weighted by Crippen LogP contribution is -2.64. The molecule has 3 fully saturated rings. The fourth-order valence-electron chi connectivity index (χ4n) is 4.71. The lowest BCUT2D eigenvalue weighted by molar-refractivity contribution is -0.361. The average Bonchev–Trinajstić information content (AvgIpc) is 2.97. The third-order valence-electron chi connectivity index (χ3n) is 7.85. The van der Waals surface area contributed by atoms with Crippen molar-refractivity contribution in [1.29, 1.82) is 0 Å². The molecule has 242 valence electrons. The Labute approximate surface area is 236 Å². The number of aliphatic hydroxyl groups excluding tert-OH is 11. The van der Waals surface area contributed by atoms with E-state index in [4.69, 9.17) is 28.4 Å². The van der Waals surface area contributed by atoms with Crippen molar-refractivity contribution in [3.63, 3.8) is 0 Å². The van der Waals surface area contributed by atoms with E-state index in [1.165, 1.54) is 0 Å². The van der Waals surface area contributed by atoms with Crippen LogP contribution in [0, 0.1) is 5.41 Å². The summed E-state index contributed by atoms with van der Waals surface area (Å²) < 4.78 is 33.1. The van der Waals surface area contributed by atoms with Crippen LogP contribution in [-0.2, 0) is 28.4 Å². The quantitative estimate of drug-likeness (QED) is 0.0988. The number of aliphatic hydroxyl groups is 11. The molecule has 0 aromatic rings. The van der Waals surface area contributed by atoms with Gasteiger partial charge in [0.1, 0.15) is 73.2 Å². The van der Waals surface area contributed by atoms with Crippen LogP contribution in [0.1, 0.15) is 20.3 Å². The van der Waals surface area contributed by atoms with Gasteiger partial charge in [0.15, 0.2) is 18.9 Å². The summed E-state index contributed by atoms with van der Waals surface area (Å²) in [4.78, 5) is 0. The van der Waals surface area contributed by atoms with Gasteiger partial charge < -0.3 is 84.6 Å². The van der Waals surface area contributed by atoms with E-state index in [1.54, 1.807) is 13.8 Å². The maximum Gasteiger partial charge on any atom is 0.187 e. The number of rotatable bonds is 12. The third kappa shape index (κ3) is 7.70. The molecule has 0 radical (unpaired) electrons. The van der Waals surface area contributed by atoms with Crippen molar-refractivity contribution in [3.8, 4) is 0 Å². The van der Waals surface area contributed by atoms with Crippen LogP contribution < -0.4 is 0 Å². The summed E-state index contributed by atoms with van der Waals surface area (Å²) in [5.74, 6) is 0. The number of hydrogen-bond acceptors (Lipinski definition) is 17. The maximum atomic E-state index is 10.8. The third-order valence-corrected chi connectivity index (χ3v) is 7.85. The van der Waals surface area contributed by atoms with Gasteiger partial charge in [-0.25, -0.2) is 0 Å². The molecule has 3 rings (SSSR count). The Hall–Kier alpha value is -0.680. The molecule has 17 heteroatoms. The van der Waals surface area contributed by atoms with Gasteiger partial charge in [-0.2, -0.15) is 0 Å². The Morgan fingerprint density at radius 2 is 0.927 bits per heavy atom. The van der Waals surface area contributed by atoms with E-state index in [-0.39, 0.29) is 13.2 Å². The predicted molar refractivity (Wildman–Crippen MR) is 130 cm³/mol. The predicted octanol–water partition coefficient (Wildman–Crippen LogP) is -6.14. The molecule has 0 aromatic heterocycles. The van der Waals surface area contributed by atoms with Gasteiger partial charge in [-0.05, 0) is 6.42 Å². The van der Waals surface area contributed by atoms with Gasteiger partial charge in [-0.1, -0.05) is 13.8 Å². The van der Waals surface area contributed by atoms with Crippen molar-refractivity contribution < 1.29 is 84.6 Å². The Bertz CT molecular complexity index is 787. The zero-order valence-electron chi connectivity index (χ0n) is 22.8. The molecular weight excluding hydrogens is 560 g/mol. The fraction of sp³-hybridized carbons (Fsp3) is 1.00. The second-order valence-corrected chi connectivity index (χ2v) is 11.0. The molecule has 3 aliphatic heterocycles. The van der Waals surface area contributed by atoms with Crippen molar-refractivity contribution in [2.45, 2.75) is 112 Å². The Morgan fingerprint density at radius 3 is 1.37 bits per heavy atom. The summed E-state index contributed by atoms with van der Waals surface area (Å²) >= 11 is 0. The molecule has 0 amide bonds. The summed E-state index contributed by atoms with van der Waals surface area (Å²) in [5, 5.41) is 110. The second-order valence-electron chi connectivity index (χ2n) is 11.0. The van der Waals surface area contributed by atoms with Gasteiger partial charge >= 0.3 is 0 Å². The Balaban J connectivity index is 1.60. The first-order valence-electron chi connectivity index (χ1n) is 13.4. The summed E-state index contributed by atoms with van der Waals surface area (Å²) in [6.07, 6.45) is -22.7. The largest absolute Gasteiger partial charge is 0.394 e. The zero-order chi connectivity index (χ0) is 30.6. The molecule has 0 aromatic carbocycles. The summed E-state index contributed by atoms with van der Waals surface area (Å²) in [6.45, 7) is 1.23. The Kier molecular flexibility index (Phi) is 12.6. The number of hydrogen-bond donors (Lipinski definition) is 11. The molecule has 0 unspecified atom stereocenters. The van der Waals surface area contributed by atoms with E-state index in [0.29, 0.717) is 6.42 Å². The highest BCUT2D eigenvalue weighted by Crippen LogP contribution is 2.32. The topological polar surface area (TPSA) is 278 Å². The van der Waals surface area contributed by atoms with Gasteiger partial charge in [0, 0.05) is 5.41 Å².